The van der Waals surface area contributed by atoms with Crippen LogP contribution in [0.5, 0.6) is 0 Å². The molecule has 1 aliphatic carbocycles. The third-order valence-electron chi connectivity index (χ3n) is 6.80. The lowest BCUT2D eigenvalue weighted by Crippen LogP contribution is -2.39. The number of hydrogen-bond acceptors (Lipinski definition) is 5. The Morgan fingerprint density at radius 1 is 1.09 bits per heavy atom. The number of carbonyl (C=O) groups excluding carboxylic acids is 1. The molecule has 0 radical (unpaired) electrons. The third-order valence-corrected chi connectivity index (χ3v) is 7.83. The minimum absolute atomic E-state index is 0.166. The Hall–Kier alpha value is -1.79. The monoisotopic (exact) mass is 472 g/mol. The van der Waals surface area contributed by atoms with Gasteiger partial charge in [0.25, 0.3) is 0 Å². The van der Waals surface area contributed by atoms with E-state index in [1.165, 1.54) is 49.4 Å². The number of rotatable bonds is 7. The summed E-state index contributed by atoms with van der Waals surface area (Å²) in [4.78, 5) is 26.1. The molecule has 5 nitrogen and oxygen atoms in total. The molecule has 4 rings (SSSR count). The molecular weight excluding hydrogens is 440 g/mol. The zero-order valence-electron chi connectivity index (χ0n) is 18.9. The van der Waals surface area contributed by atoms with Crippen LogP contribution >= 0.6 is 23.4 Å². The Morgan fingerprint density at radius 2 is 1.81 bits per heavy atom. The van der Waals surface area contributed by atoms with Gasteiger partial charge in [0.05, 0.1) is 5.75 Å². The lowest BCUT2D eigenvalue weighted by atomic mass is 9.90. The van der Waals surface area contributed by atoms with E-state index in [1.807, 2.05) is 11.0 Å². The van der Waals surface area contributed by atoms with Crippen molar-refractivity contribution in [1.82, 2.24) is 14.9 Å². The molecule has 7 heteroatoms. The van der Waals surface area contributed by atoms with Crippen molar-refractivity contribution in [2.75, 3.05) is 30.8 Å². The van der Waals surface area contributed by atoms with Crippen molar-refractivity contribution >= 4 is 35.1 Å². The van der Waals surface area contributed by atoms with Gasteiger partial charge in [0.2, 0.25) is 5.91 Å². The molecule has 1 amide bonds. The van der Waals surface area contributed by atoms with E-state index in [9.17, 15) is 4.79 Å². The number of piperidine rings is 1. The first-order valence-corrected chi connectivity index (χ1v) is 13.2. The lowest BCUT2D eigenvalue weighted by Gasteiger charge is -2.32. The van der Waals surface area contributed by atoms with Crippen LogP contribution in [0.15, 0.2) is 41.6 Å². The molecule has 2 aliphatic rings. The first-order valence-electron chi connectivity index (χ1n) is 11.8. The Bertz CT molecular complexity index is 883. The highest BCUT2D eigenvalue weighted by atomic mass is 35.5. The van der Waals surface area contributed by atoms with Crippen LogP contribution in [0.1, 0.15) is 50.5 Å². The fraction of sp³-hybridized carbons (Fsp3) is 0.560. The van der Waals surface area contributed by atoms with Gasteiger partial charge in [-0.15, -0.1) is 0 Å². The van der Waals surface area contributed by atoms with Gasteiger partial charge in [-0.25, -0.2) is 9.97 Å². The Kier molecular flexibility index (Phi) is 8.31. The van der Waals surface area contributed by atoms with Crippen LogP contribution in [0, 0.1) is 5.92 Å². The average molecular weight is 473 g/mol. The maximum atomic E-state index is 12.8. The number of carbonyl (C=O) groups is 1. The van der Waals surface area contributed by atoms with Crippen LogP contribution in [0.3, 0.4) is 0 Å². The number of benzene rings is 1. The van der Waals surface area contributed by atoms with E-state index in [-0.39, 0.29) is 5.91 Å². The summed E-state index contributed by atoms with van der Waals surface area (Å²) >= 11 is 7.69. The summed E-state index contributed by atoms with van der Waals surface area (Å²) in [5.74, 6) is 2.03. The number of halogens is 1. The number of thioether (sulfide) groups is 1. The van der Waals surface area contributed by atoms with Crippen molar-refractivity contribution in [2.24, 2.45) is 5.92 Å². The normalized spacial score (nSPS) is 18.0. The van der Waals surface area contributed by atoms with Gasteiger partial charge < -0.3 is 9.80 Å². The van der Waals surface area contributed by atoms with Gasteiger partial charge in [-0.05, 0) is 43.6 Å². The number of hydrogen-bond donors (Lipinski definition) is 0. The van der Waals surface area contributed by atoms with E-state index >= 15 is 0 Å². The molecule has 0 atom stereocenters. The van der Waals surface area contributed by atoms with E-state index in [2.05, 4.69) is 47.3 Å². The summed E-state index contributed by atoms with van der Waals surface area (Å²) in [6.45, 7) is 1.67. The van der Waals surface area contributed by atoms with Gasteiger partial charge in [0, 0.05) is 32.2 Å². The van der Waals surface area contributed by atoms with Crippen LogP contribution in [-0.4, -0.2) is 52.7 Å². The predicted molar refractivity (Wildman–Crippen MR) is 132 cm³/mol. The minimum Gasteiger partial charge on any atom is -0.357 e. The summed E-state index contributed by atoms with van der Waals surface area (Å²) in [6, 6.07) is 13.0. The zero-order chi connectivity index (χ0) is 22.3. The first-order chi connectivity index (χ1) is 15.6. The van der Waals surface area contributed by atoms with Crippen LogP contribution in [0.4, 0.5) is 5.82 Å². The lowest BCUT2D eigenvalue weighted by molar-refractivity contribution is -0.129. The van der Waals surface area contributed by atoms with Crippen molar-refractivity contribution in [1.29, 1.82) is 0 Å². The van der Waals surface area contributed by atoms with E-state index in [0.29, 0.717) is 28.0 Å². The van der Waals surface area contributed by atoms with Crippen LogP contribution in [-0.2, 0) is 11.2 Å². The van der Waals surface area contributed by atoms with Gasteiger partial charge >= 0.3 is 0 Å². The fourth-order valence-corrected chi connectivity index (χ4v) is 5.82. The van der Waals surface area contributed by atoms with Crippen molar-refractivity contribution in [2.45, 2.75) is 62.6 Å². The van der Waals surface area contributed by atoms with Gasteiger partial charge in [0.1, 0.15) is 11.0 Å². The maximum Gasteiger partial charge on any atom is 0.233 e. The highest BCUT2D eigenvalue weighted by Crippen LogP contribution is 2.28. The fourth-order valence-electron chi connectivity index (χ4n) is 4.84. The smallest absolute Gasteiger partial charge is 0.233 e. The van der Waals surface area contributed by atoms with E-state index in [0.717, 1.165) is 38.2 Å². The zero-order valence-corrected chi connectivity index (χ0v) is 20.5. The maximum absolute atomic E-state index is 12.8. The van der Waals surface area contributed by atoms with Crippen LogP contribution in [0.2, 0.25) is 5.15 Å². The highest BCUT2D eigenvalue weighted by Gasteiger charge is 2.24. The van der Waals surface area contributed by atoms with Crippen LogP contribution < -0.4 is 4.90 Å². The van der Waals surface area contributed by atoms with Crippen LogP contribution in [0.25, 0.3) is 0 Å². The number of nitrogens with zero attached hydrogens (tertiary/aromatic N) is 4. The summed E-state index contributed by atoms with van der Waals surface area (Å²) in [7, 11) is 2.09. The SMILES string of the molecule is CN(c1cc(Cl)nc(SCC(=O)N2CCC(Cc3ccccc3)CC2)n1)C1CCCCC1. The minimum atomic E-state index is 0.166. The molecular formula is C25H33ClN4OS. The van der Waals surface area contributed by atoms with Crippen molar-refractivity contribution < 1.29 is 4.79 Å². The van der Waals surface area contributed by atoms with Crippen molar-refractivity contribution in [3.63, 3.8) is 0 Å². The van der Waals surface area contributed by atoms with E-state index in [4.69, 9.17) is 16.6 Å². The standard InChI is InChI=1S/C25H33ClN4OS/c1-29(21-10-6-3-7-11-21)23-17-22(26)27-25(28-23)32-18-24(31)30-14-12-20(13-15-30)16-19-8-4-2-5-9-19/h2,4-5,8-9,17,20-21H,3,6-7,10-16,18H2,1H3. The predicted octanol–water partition coefficient (Wildman–Crippen LogP) is 5.47. The van der Waals surface area contributed by atoms with Gasteiger partial charge in [-0.1, -0.05) is 73.0 Å². The largest absolute Gasteiger partial charge is 0.357 e. The second-order valence-corrected chi connectivity index (χ2v) is 10.4. The topological polar surface area (TPSA) is 49.3 Å². The van der Waals surface area contributed by atoms with E-state index < -0.39 is 0 Å². The number of aromatic nitrogens is 2. The summed E-state index contributed by atoms with van der Waals surface area (Å²) in [5, 5.41) is 1.02. The second-order valence-electron chi connectivity index (χ2n) is 9.04. The summed E-state index contributed by atoms with van der Waals surface area (Å²) in [6.07, 6.45) is 9.48. The first kappa shape index (κ1) is 23.4. The molecule has 0 spiro atoms. The van der Waals surface area contributed by atoms with Gasteiger partial charge in [-0.3, -0.25) is 4.79 Å². The average Bonchev–Trinajstić information content (AvgIpc) is 2.83. The molecule has 2 fully saturated rings. The quantitative estimate of drug-likeness (QED) is 0.303. The number of likely N-dealkylation sites (tertiary alicyclic amines) is 1. The van der Waals surface area contributed by atoms with E-state index in [1.54, 1.807) is 0 Å². The summed E-state index contributed by atoms with van der Waals surface area (Å²) in [5.41, 5.74) is 1.39. The molecule has 2 heterocycles. The Balaban J connectivity index is 1.27. The molecule has 32 heavy (non-hydrogen) atoms. The molecule has 2 aromatic rings. The highest BCUT2D eigenvalue weighted by molar-refractivity contribution is 7.99. The molecule has 172 valence electrons. The summed E-state index contributed by atoms with van der Waals surface area (Å²) < 4.78 is 0. The van der Waals surface area contributed by atoms with Gasteiger partial charge in [-0.2, -0.15) is 0 Å². The molecule has 0 N–H and O–H groups in total. The Morgan fingerprint density at radius 3 is 2.53 bits per heavy atom. The third kappa shape index (κ3) is 6.38. The number of anilines is 1. The van der Waals surface area contributed by atoms with Crippen molar-refractivity contribution in [3.8, 4) is 0 Å². The number of amides is 1. The second kappa shape index (κ2) is 11.4. The molecule has 1 aromatic carbocycles. The molecule has 1 saturated heterocycles. The molecule has 1 aliphatic heterocycles. The molecule has 0 unspecified atom stereocenters. The molecule has 0 bridgehead atoms. The molecule has 1 aromatic heterocycles. The van der Waals surface area contributed by atoms with Crippen molar-refractivity contribution in [3.05, 3.63) is 47.1 Å². The Labute approximate surface area is 200 Å². The molecule has 1 saturated carbocycles. The van der Waals surface area contributed by atoms with Gasteiger partial charge in [0.15, 0.2) is 5.16 Å².